The minimum Gasteiger partial charge on any atom is -0.331 e. The molecule has 10 heavy (non-hydrogen) atoms. The maximum Gasteiger partial charge on any atom is 0.196 e. The van der Waals surface area contributed by atoms with E-state index in [0.717, 1.165) is 0 Å². The van der Waals surface area contributed by atoms with E-state index in [1.54, 1.807) is 5.82 Å². The van der Waals surface area contributed by atoms with Gasteiger partial charge in [0, 0.05) is 0 Å². The van der Waals surface area contributed by atoms with Crippen LogP contribution in [0.3, 0.4) is 0 Å². The van der Waals surface area contributed by atoms with E-state index < -0.39 is 8.38 Å². The fourth-order valence-electron chi connectivity index (χ4n) is 0.397. The van der Waals surface area contributed by atoms with Crippen LogP contribution < -0.4 is 0 Å². The van der Waals surface area contributed by atoms with Gasteiger partial charge in [-0.2, -0.15) is 0 Å². The minimum absolute atomic E-state index is 0. The van der Waals surface area contributed by atoms with Gasteiger partial charge in [-0.05, 0) is 19.7 Å². The van der Waals surface area contributed by atoms with Crippen molar-refractivity contribution in [3.8, 4) is 0 Å². The lowest BCUT2D eigenvalue weighted by Gasteiger charge is -2.09. The smallest absolute Gasteiger partial charge is 0.196 e. The van der Waals surface area contributed by atoms with Crippen molar-refractivity contribution in [3.63, 3.8) is 0 Å². The Labute approximate surface area is 66.1 Å². The average molecular weight is 162 g/mol. The highest BCUT2D eigenvalue weighted by Crippen LogP contribution is 2.38. The highest BCUT2D eigenvalue weighted by molar-refractivity contribution is 7.50. The van der Waals surface area contributed by atoms with Gasteiger partial charge in [0.05, 0.1) is 21.6 Å². The van der Waals surface area contributed by atoms with E-state index in [9.17, 15) is 0 Å². The second kappa shape index (κ2) is 9.15. The molecule has 0 aromatic carbocycles. The van der Waals surface area contributed by atoms with Gasteiger partial charge in [-0.1, -0.05) is 6.58 Å². The van der Waals surface area contributed by atoms with Gasteiger partial charge in [-0.3, -0.25) is 0 Å². The van der Waals surface area contributed by atoms with Crippen molar-refractivity contribution >= 4 is 16.8 Å². The van der Waals surface area contributed by atoms with Crippen molar-refractivity contribution in [3.05, 3.63) is 12.4 Å². The monoisotopic (exact) mass is 162 g/mol. The van der Waals surface area contributed by atoms with Gasteiger partial charge in [-0.15, -0.1) is 0 Å². The summed E-state index contributed by atoms with van der Waals surface area (Å²) < 4.78 is 10.3. The van der Waals surface area contributed by atoms with Gasteiger partial charge < -0.3 is 9.05 Å². The lowest BCUT2D eigenvalue weighted by molar-refractivity contribution is 0.277. The minimum atomic E-state index is -0.795. The Morgan fingerprint density at radius 2 is 1.70 bits per heavy atom. The van der Waals surface area contributed by atoms with Crippen LogP contribution in [-0.2, 0) is 9.05 Å². The number of rotatable bonds is 5. The fraction of sp³-hybridized carbons (Fsp3) is 0.667. The summed E-state index contributed by atoms with van der Waals surface area (Å²) in [6, 6.07) is 0. The van der Waals surface area contributed by atoms with E-state index in [0.29, 0.717) is 13.2 Å². The Hall–Kier alpha value is 0.155. The Morgan fingerprint density at radius 3 is 1.90 bits per heavy atom. The molecule has 0 aliphatic carbocycles. The van der Waals surface area contributed by atoms with Crippen LogP contribution >= 0.6 is 8.38 Å². The van der Waals surface area contributed by atoms with Crippen molar-refractivity contribution in [1.82, 2.24) is 0 Å². The number of hydrogen-bond acceptors (Lipinski definition) is 2. The Morgan fingerprint density at radius 1 is 1.30 bits per heavy atom. The van der Waals surface area contributed by atoms with Crippen molar-refractivity contribution < 1.29 is 9.05 Å². The molecule has 0 saturated heterocycles. The van der Waals surface area contributed by atoms with Crippen LogP contribution in [0.1, 0.15) is 13.8 Å². The quantitative estimate of drug-likeness (QED) is 0.448. The zero-order chi connectivity index (χ0) is 7.11. The Bertz CT molecular complexity index is 74.1. The molecule has 0 aliphatic heterocycles. The first-order chi connectivity index (χ1) is 4.35. The standard InChI is InChI=1S/C6H13O2P.BH3/c1-4-7-9(6-3)8-5-2;/h6H,3-5H2,1-2H3;1H3. The van der Waals surface area contributed by atoms with E-state index in [-0.39, 0.29) is 8.41 Å². The van der Waals surface area contributed by atoms with E-state index >= 15 is 0 Å². The Kier molecular flexibility index (Phi) is 11.7. The van der Waals surface area contributed by atoms with Crippen LogP contribution in [0.25, 0.3) is 0 Å². The molecule has 0 N–H and O–H groups in total. The van der Waals surface area contributed by atoms with Crippen LogP contribution in [-0.4, -0.2) is 21.6 Å². The molecule has 0 fully saturated rings. The van der Waals surface area contributed by atoms with Gasteiger partial charge in [0.25, 0.3) is 0 Å². The predicted octanol–water partition coefficient (Wildman–Crippen LogP) is 1.33. The highest BCUT2D eigenvalue weighted by Gasteiger charge is 1.99. The van der Waals surface area contributed by atoms with Crippen molar-refractivity contribution in [1.29, 1.82) is 0 Å². The molecular formula is C6H16BO2P. The SMILES string of the molecule is B.C=CP(OCC)OCC. The summed E-state index contributed by atoms with van der Waals surface area (Å²) in [6.07, 6.45) is 0. The van der Waals surface area contributed by atoms with Gasteiger partial charge in [-0.25, -0.2) is 0 Å². The first kappa shape index (κ1) is 12.8. The van der Waals surface area contributed by atoms with Crippen molar-refractivity contribution in [2.24, 2.45) is 0 Å². The molecule has 0 bridgehead atoms. The highest BCUT2D eigenvalue weighted by atomic mass is 31.2. The van der Waals surface area contributed by atoms with Gasteiger partial charge in [0.1, 0.15) is 0 Å². The van der Waals surface area contributed by atoms with Gasteiger partial charge in [0.2, 0.25) is 0 Å². The molecule has 0 rings (SSSR count). The third-order valence-electron chi connectivity index (χ3n) is 0.662. The van der Waals surface area contributed by atoms with Crippen LogP contribution in [0.2, 0.25) is 0 Å². The molecule has 0 aromatic rings. The molecule has 0 radical (unpaired) electrons. The van der Waals surface area contributed by atoms with E-state index in [1.807, 2.05) is 13.8 Å². The Balaban J connectivity index is 0. The largest absolute Gasteiger partial charge is 0.331 e. The van der Waals surface area contributed by atoms with E-state index in [2.05, 4.69) is 6.58 Å². The zero-order valence-electron chi connectivity index (χ0n) is 5.96. The second-order valence-electron chi connectivity index (χ2n) is 1.30. The summed E-state index contributed by atoms with van der Waals surface area (Å²) in [4.78, 5) is 0. The van der Waals surface area contributed by atoms with Crippen LogP contribution in [0.15, 0.2) is 12.4 Å². The normalized spacial score (nSPS) is 9.10. The van der Waals surface area contributed by atoms with E-state index in [1.165, 1.54) is 0 Å². The zero-order valence-corrected chi connectivity index (χ0v) is 6.86. The summed E-state index contributed by atoms with van der Waals surface area (Å²) in [6.45, 7) is 8.85. The van der Waals surface area contributed by atoms with Gasteiger partial charge in [0.15, 0.2) is 8.38 Å². The lowest BCUT2D eigenvalue weighted by atomic mass is 10.8. The third kappa shape index (κ3) is 6.28. The molecule has 0 heterocycles. The molecular weight excluding hydrogens is 146 g/mol. The number of hydrogen-bond donors (Lipinski definition) is 0. The van der Waals surface area contributed by atoms with Crippen molar-refractivity contribution in [2.75, 3.05) is 13.2 Å². The molecule has 0 saturated carbocycles. The second-order valence-corrected chi connectivity index (χ2v) is 2.76. The first-order valence-electron chi connectivity index (χ1n) is 3.02. The lowest BCUT2D eigenvalue weighted by Crippen LogP contribution is -1.86. The van der Waals surface area contributed by atoms with Crippen LogP contribution in [0.4, 0.5) is 0 Å². The third-order valence-corrected chi connectivity index (χ3v) is 1.99. The molecule has 60 valence electrons. The maximum atomic E-state index is 5.16. The predicted molar refractivity (Wildman–Crippen MR) is 50.3 cm³/mol. The topological polar surface area (TPSA) is 18.5 Å². The van der Waals surface area contributed by atoms with Crippen LogP contribution in [0, 0.1) is 0 Å². The summed E-state index contributed by atoms with van der Waals surface area (Å²) in [5, 5.41) is 0. The summed E-state index contributed by atoms with van der Waals surface area (Å²) in [5.74, 6) is 1.71. The molecule has 4 heteroatoms. The van der Waals surface area contributed by atoms with Crippen molar-refractivity contribution in [2.45, 2.75) is 13.8 Å². The molecule has 0 unspecified atom stereocenters. The first-order valence-corrected chi connectivity index (χ1v) is 4.27. The molecule has 0 amide bonds. The summed E-state index contributed by atoms with van der Waals surface area (Å²) in [7, 11) is -0.795. The van der Waals surface area contributed by atoms with Crippen LogP contribution in [0.5, 0.6) is 0 Å². The molecule has 0 spiro atoms. The molecule has 0 aromatic heterocycles. The summed E-state index contributed by atoms with van der Waals surface area (Å²) >= 11 is 0. The van der Waals surface area contributed by atoms with E-state index in [4.69, 9.17) is 9.05 Å². The maximum absolute atomic E-state index is 5.16. The summed E-state index contributed by atoms with van der Waals surface area (Å²) in [5.41, 5.74) is 0. The molecule has 0 aliphatic rings. The fourth-order valence-corrected chi connectivity index (χ4v) is 1.19. The average Bonchev–Trinajstić information content (AvgIpc) is 1.88. The van der Waals surface area contributed by atoms with Gasteiger partial charge >= 0.3 is 0 Å². The molecule has 0 atom stereocenters. The molecule has 2 nitrogen and oxygen atoms in total.